The van der Waals surface area contributed by atoms with Crippen LogP contribution in [-0.2, 0) is 0 Å². The third-order valence-corrected chi connectivity index (χ3v) is 15.3. The van der Waals surface area contributed by atoms with Crippen molar-refractivity contribution in [3.8, 4) is 41.0 Å². The van der Waals surface area contributed by atoms with Gasteiger partial charge in [0.25, 0.3) is 5.69 Å². The number of benzene rings is 12. The molecule has 0 radical (unpaired) electrons. The number of rotatable bonds is 4. The van der Waals surface area contributed by atoms with Crippen LogP contribution >= 0.6 is 0 Å². The number of hydrogen-bond acceptors (Lipinski definition) is 3. The molecule has 0 amide bonds. The maximum Gasteiger partial charge on any atom is 0.262 e. The fourth-order valence-corrected chi connectivity index (χ4v) is 11.8. The van der Waals surface area contributed by atoms with Gasteiger partial charge in [-0.3, -0.25) is 0 Å². The first-order chi connectivity index (χ1) is 52.1. The Morgan fingerprint density at radius 2 is 0.618 bits per heavy atom. The van der Waals surface area contributed by atoms with E-state index in [0.29, 0.717) is 10.9 Å². The van der Waals surface area contributed by atoms with E-state index in [4.69, 9.17) is 28.3 Å². The molecule has 89 heavy (non-hydrogen) atoms. The van der Waals surface area contributed by atoms with Crippen molar-refractivity contribution in [2.45, 2.75) is 0 Å². The molecule has 0 fully saturated rings. The van der Waals surface area contributed by atoms with Gasteiger partial charge in [0, 0.05) is 64.9 Å². The average Bonchev–Trinajstić information content (AvgIpc) is 1.54. The molecule has 17 rings (SSSR count). The van der Waals surface area contributed by atoms with Crippen molar-refractivity contribution in [1.82, 2.24) is 23.3 Å². The molecule has 0 aliphatic heterocycles. The summed E-state index contributed by atoms with van der Waals surface area (Å²) in [6.07, 6.45) is 0. The maximum absolute atomic E-state index is 12.7. The van der Waals surface area contributed by atoms with Gasteiger partial charge in [-0.15, -0.1) is 0 Å². The lowest BCUT2D eigenvalue weighted by Crippen LogP contribution is -2.16. The van der Waals surface area contributed by atoms with Crippen molar-refractivity contribution >= 4 is 115 Å². The van der Waals surface area contributed by atoms with E-state index in [0.717, 1.165) is 17.0 Å². The Balaban J connectivity index is 0.000000250. The zero-order valence-electron chi connectivity index (χ0n) is 65.1. The normalized spacial score (nSPS) is 14.5. The molecule has 0 unspecified atom stereocenters. The number of aromatic amines is 1. The fraction of sp³-hybridized carbons (Fsp3) is 0. The summed E-state index contributed by atoms with van der Waals surface area (Å²) < 4.78 is 236. The highest BCUT2D eigenvalue weighted by atomic mass is 19.2. The Labute approximate surface area is 531 Å². The molecule has 9 nitrogen and oxygen atoms in total. The Morgan fingerprint density at radius 1 is 0.326 bits per heavy atom. The molecule has 0 atom stereocenters. The molecule has 17 aromatic rings. The van der Waals surface area contributed by atoms with Crippen molar-refractivity contribution in [3.05, 3.63) is 294 Å². The summed E-state index contributed by atoms with van der Waals surface area (Å²) in [4.78, 5) is 5.32. The van der Waals surface area contributed by atoms with Crippen molar-refractivity contribution in [2.75, 3.05) is 0 Å². The number of aromatic nitrogens is 5. The van der Waals surface area contributed by atoms with Crippen LogP contribution in [0.15, 0.2) is 242 Å². The van der Waals surface area contributed by atoms with E-state index < -0.39 is 142 Å². The highest BCUT2D eigenvalue weighted by Crippen LogP contribution is 2.49. The first kappa shape index (κ1) is 35.6. The van der Waals surface area contributed by atoms with Gasteiger partial charge in [-0.1, -0.05) is 182 Å². The van der Waals surface area contributed by atoms with E-state index in [1.165, 1.54) is 18.3 Å². The molecular weight excluding hydrogens is 1110 g/mol. The standard InChI is InChI=1S/C56H32N6.C12H9N.C8F4N2/c57-33-43-53(59-45-25-9-1-17-35(45)36-18-2-10-26-46(36)59)54(60-47-27-11-3-19-37(47)38-20-4-12-28-48(38)60)44(34-58)56(62-51-31-15-7-23-41(51)42-24-8-16-32-52(42)62)55(43)61-49-29-13-5-21-39(49)40-22-6-14-30-50(40)61;1-3-7-11-9(5-1)10-6-2-4-8-12(10)13-11;1-14-8-6(11)4(9)3(2-13)5(10)7(8)12/h1-32H;1-8,13H;/i1D,3D,5D,7D,9D,11D,13D,15D,17D,19D,21D,23D,25D,27D,29D,31D;1D,3D,5D,7D;. The molecule has 418 valence electrons. The first-order valence-corrected chi connectivity index (χ1v) is 26.7. The van der Waals surface area contributed by atoms with Crippen molar-refractivity contribution in [1.29, 1.82) is 15.8 Å². The molecule has 0 spiro atoms. The van der Waals surface area contributed by atoms with Gasteiger partial charge in [-0.2, -0.15) is 15.8 Å². The largest absolute Gasteiger partial charge is 0.355 e. The smallest absolute Gasteiger partial charge is 0.262 e. The highest BCUT2D eigenvalue weighted by molar-refractivity contribution is 6.16. The van der Waals surface area contributed by atoms with Crippen molar-refractivity contribution in [2.24, 2.45) is 0 Å². The van der Waals surface area contributed by atoms with Crippen LogP contribution in [0.3, 0.4) is 0 Å². The summed E-state index contributed by atoms with van der Waals surface area (Å²) in [5.41, 5.74) is -3.26. The fourth-order valence-electron chi connectivity index (χ4n) is 11.8. The van der Waals surface area contributed by atoms with Crippen LogP contribution in [0.1, 0.15) is 44.1 Å². The summed E-state index contributed by atoms with van der Waals surface area (Å²) in [6, 6.07) is 30.1. The minimum absolute atomic E-state index is 0.0125. The number of nitrogens with zero attached hydrogens (tertiary/aromatic N) is 8. The minimum atomic E-state index is -1.85. The Morgan fingerprint density at radius 3 is 0.955 bits per heavy atom. The minimum Gasteiger partial charge on any atom is -0.355 e. The Bertz CT molecular complexity index is 6570. The third-order valence-electron chi connectivity index (χ3n) is 15.3. The predicted octanol–water partition coefficient (Wildman–Crippen LogP) is 19.8. The second kappa shape index (κ2) is 21.1. The van der Waals surface area contributed by atoms with E-state index in [1.54, 1.807) is 97.1 Å². The topological polar surface area (TPSA) is 111 Å². The Kier molecular flexibility index (Phi) is 8.45. The summed E-state index contributed by atoms with van der Waals surface area (Å²) in [5.74, 6) is -7.40. The van der Waals surface area contributed by atoms with Crippen LogP contribution in [0, 0.1) is 63.8 Å². The number of nitriles is 3. The number of halogens is 4. The van der Waals surface area contributed by atoms with Gasteiger partial charge in [0.15, 0.2) is 23.3 Å². The molecule has 0 saturated heterocycles. The molecule has 12 aromatic carbocycles. The lowest BCUT2D eigenvalue weighted by atomic mass is 9.98. The number of para-hydroxylation sites is 10. The molecule has 0 saturated carbocycles. The van der Waals surface area contributed by atoms with Crippen molar-refractivity contribution < 1.29 is 45.0 Å². The van der Waals surface area contributed by atoms with E-state index in [2.05, 4.69) is 22.0 Å². The average molecular weight is 1180 g/mol. The third kappa shape index (κ3) is 7.98. The van der Waals surface area contributed by atoms with Crippen molar-refractivity contribution in [3.63, 3.8) is 0 Å². The van der Waals surface area contributed by atoms with E-state index in [1.807, 2.05) is 24.3 Å². The van der Waals surface area contributed by atoms with Crippen LogP contribution < -0.4 is 0 Å². The summed E-state index contributed by atoms with van der Waals surface area (Å²) in [6.45, 7) is 6.28. The number of H-pyrrole nitrogens is 1. The molecule has 1 N–H and O–H groups in total. The molecule has 0 aliphatic rings. The zero-order chi connectivity index (χ0) is 78.0. The van der Waals surface area contributed by atoms with Crippen LogP contribution in [0.2, 0.25) is 0 Å². The maximum atomic E-state index is 12.7. The van der Waals surface area contributed by atoms with Crippen LogP contribution in [0.5, 0.6) is 0 Å². The van der Waals surface area contributed by atoms with Crippen LogP contribution in [-0.4, -0.2) is 23.3 Å². The van der Waals surface area contributed by atoms with E-state index in [-0.39, 0.29) is 134 Å². The summed E-state index contributed by atoms with van der Waals surface area (Å²) in [5, 5.41) is 35.8. The van der Waals surface area contributed by atoms with E-state index >= 15 is 0 Å². The molecule has 0 bridgehead atoms. The lowest BCUT2D eigenvalue weighted by Gasteiger charge is -2.27. The number of hydrogen-bond donors (Lipinski definition) is 1. The molecule has 5 heterocycles. The molecule has 0 aliphatic carbocycles. The van der Waals surface area contributed by atoms with Gasteiger partial charge in [0.05, 0.1) is 101 Å². The molecule has 13 heteroatoms. The predicted molar refractivity (Wildman–Crippen MR) is 346 cm³/mol. The lowest BCUT2D eigenvalue weighted by molar-refractivity contribution is 0.457. The van der Waals surface area contributed by atoms with Gasteiger partial charge < -0.3 is 23.3 Å². The number of nitrogens with one attached hydrogen (secondary N) is 1. The second-order valence-electron chi connectivity index (χ2n) is 19.8. The highest BCUT2D eigenvalue weighted by Gasteiger charge is 2.34. The van der Waals surface area contributed by atoms with Gasteiger partial charge in [0.2, 0.25) is 0 Å². The van der Waals surface area contributed by atoms with E-state index in [9.17, 15) is 39.1 Å². The second-order valence-corrected chi connectivity index (χ2v) is 19.8. The molecule has 5 aromatic heterocycles. The van der Waals surface area contributed by atoms with Gasteiger partial charge in [-0.25, -0.2) is 22.4 Å². The SMILES string of the molecule is [2H]c1c([2H])c([2H])c2c([nH]c3ccccc32)c1[2H].[2H]c1c([2H])c([2H])c2c(c1[2H])c1ccccc1n2-c1c(C#N)c(-n2c3ccccc3c3c([2H])c([2H])c([2H])c([2H])c32)c(-n2c3ccccc3c3c([2H])c([2H])c([2H])c([2H])c32)c(C#N)c1-n1c2ccccc2c2c([2H])c([2H])c([2H])c([2H])c21.[C-]#[N+]c1c(F)c(F)c(C#N)c(F)c1F. The van der Waals surface area contributed by atoms with Gasteiger partial charge >= 0.3 is 0 Å². The van der Waals surface area contributed by atoms with Crippen LogP contribution in [0.4, 0.5) is 23.2 Å². The zero-order valence-corrected chi connectivity index (χ0v) is 45.1. The van der Waals surface area contributed by atoms with Gasteiger partial charge in [0.1, 0.15) is 34.9 Å². The summed E-state index contributed by atoms with van der Waals surface area (Å²) >= 11 is 0. The first-order valence-electron chi connectivity index (χ1n) is 36.7. The quantitative estimate of drug-likeness (QED) is 0.108. The molecular formula is C76H41F4N9. The van der Waals surface area contributed by atoms with Crippen LogP contribution in [0.25, 0.3) is 137 Å². The number of fused-ring (bicyclic) bond motifs is 15. The Hall–Kier alpha value is -12.7. The van der Waals surface area contributed by atoms with Gasteiger partial charge in [-0.05, 0) is 60.5 Å². The summed E-state index contributed by atoms with van der Waals surface area (Å²) in [7, 11) is 0. The monoisotopic (exact) mass is 1180 g/mol.